The first-order chi connectivity index (χ1) is 14.2. The molecular weight excluding hydrogens is 360 g/mol. The molecule has 29 heavy (non-hydrogen) atoms. The molecule has 2 aromatic carbocycles. The summed E-state index contributed by atoms with van der Waals surface area (Å²) in [5, 5.41) is 0. The van der Waals surface area contributed by atoms with Crippen molar-refractivity contribution in [3.05, 3.63) is 84.3 Å². The molecule has 0 spiro atoms. The number of amides is 1. The third-order valence-corrected chi connectivity index (χ3v) is 5.33. The Balaban J connectivity index is 1.57. The average molecular weight is 386 g/mol. The molecule has 1 fully saturated rings. The number of hydrogen-bond acceptors (Lipinski definition) is 4. The van der Waals surface area contributed by atoms with Gasteiger partial charge >= 0.3 is 0 Å². The lowest BCUT2D eigenvalue weighted by Crippen LogP contribution is -2.35. The molecule has 0 aliphatic carbocycles. The standard InChI is InChI=1S/C24H26N4O/c1-19-9-8-14-27(17-19)23-16-25-22(15-26-23)24(29)28(21-12-6-3-7-13-21)18-20-10-4-2-5-11-20/h2-7,10-13,15-16,19H,8-9,14,17-18H2,1H3. The smallest absolute Gasteiger partial charge is 0.278 e. The summed E-state index contributed by atoms with van der Waals surface area (Å²) in [6.45, 7) is 4.73. The lowest BCUT2D eigenvalue weighted by atomic mass is 10.0. The predicted octanol–water partition coefficient (Wildman–Crippen LogP) is 4.56. The Hall–Kier alpha value is -3.21. The van der Waals surface area contributed by atoms with Crippen LogP contribution in [0.25, 0.3) is 0 Å². The summed E-state index contributed by atoms with van der Waals surface area (Å²) >= 11 is 0. The third kappa shape index (κ3) is 4.62. The van der Waals surface area contributed by atoms with Gasteiger partial charge in [0.25, 0.3) is 5.91 Å². The highest BCUT2D eigenvalue weighted by Crippen LogP contribution is 2.22. The molecule has 0 radical (unpaired) electrons. The molecule has 2 heterocycles. The van der Waals surface area contributed by atoms with E-state index < -0.39 is 0 Å². The molecule has 148 valence electrons. The van der Waals surface area contributed by atoms with Crippen molar-refractivity contribution in [2.45, 2.75) is 26.3 Å². The van der Waals surface area contributed by atoms with Gasteiger partial charge < -0.3 is 9.80 Å². The van der Waals surface area contributed by atoms with Crippen molar-refractivity contribution in [2.75, 3.05) is 22.9 Å². The summed E-state index contributed by atoms with van der Waals surface area (Å²) in [4.78, 5) is 26.3. The maximum Gasteiger partial charge on any atom is 0.278 e. The number of benzene rings is 2. The second-order valence-electron chi connectivity index (χ2n) is 7.67. The molecule has 1 atom stereocenters. The van der Waals surface area contributed by atoms with E-state index in [0.29, 0.717) is 18.2 Å². The number of aromatic nitrogens is 2. The minimum absolute atomic E-state index is 0.147. The van der Waals surface area contributed by atoms with Crippen molar-refractivity contribution in [3.8, 4) is 0 Å². The number of carbonyl (C=O) groups excluding carboxylic acids is 1. The predicted molar refractivity (Wildman–Crippen MR) is 116 cm³/mol. The molecular formula is C24H26N4O. The largest absolute Gasteiger partial charge is 0.355 e. The molecule has 1 aliphatic rings. The van der Waals surface area contributed by atoms with Crippen LogP contribution >= 0.6 is 0 Å². The Labute approximate surface area is 172 Å². The molecule has 1 unspecified atom stereocenters. The van der Waals surface area contributed by atoms with Crippen LogP contribution in [0.15, 0.2) is 73.1 Å². The van der Waals surface area contributed by atoms with Gasteiger partial charge in [-0.1, -0.05) is 55.5 Å². The van der Waals surface area contributed by atoms with Gasteiger partial charge in [-0.15, -0.1) is 0 Å². The molecule has 0 bridgehead atoms. The zero-order valence-corrected chi connectivity index (χ0v) is 16.7. The Morgan fingerprint density at radius 3 is 2.41 bits per heavy atom. The van der Waals surface area contributed by atoms with Crippen molar-refractivity contribution in [3.63, 3.8) is 0 Å². The van der Waals surface area contributed by atoms with E-state index in [-0.39, 0.29) is 5.91 Å². The second-order valence-corrected chi connectivity index (χ2v) is 7.67. The van der Waals surface area contributed by atoms with Gasteiger partial charge in [-0.25, -0.2) is 9.97 Å². The minimum atomic E-state index is -0.147. The van der Waals surface area contributed by atoms with Crippen LogP contribution in [-0.2, 0) is 6.54 Å². The fraction of sp³-hybridized carbons (Fsp3) is 0.292. The Bertz CT molecular complexity index is 928. The highest BCUT2D eigenvalue weighted by molar-refractivity contribution is 6.04. The number of anilines is 2. The van der Waals surface area contributed by atoms with E-state index in [9.17, 15) is 4.79 Å². The zero-order chi connectivity index (χ0) is 20.1. The summed E-state index contributed by atoms with van der Waals surface area (Å²) in [6, 6.07) is 19.7. The average Bonchev–Trinajstić information content (AvgIpc) is 2.78. The van der Waals surface area contributed by atoms with E-state index in [1.165, 1.54) is 12.8 Å². The van der Waals surface area contributed by atoms with Gasteiger partial charge in [-0.3, -0.25) is 4.79 Å². The molecule has 1 aromatic heterocycles. The van der Waals surface area contributed by atoms with E-state index in [1.54, 1.807) is 17.3 Å². The van der Waals surface area contributed by atoms with Gasteiger partial charge in [0.2, 0.25) is 0 Å². The normalized spacial score (nSPS) is 16.4. The first kappa shape index (κ1) is 19.1. The molecule has 1 aliphatic heterocycles. The van der Waals surface area contributed by atoms with Crippen LogP contribution in [0.1, 0.15) is 35.8 Å². The quantitative estimate of drug-likeness (QED) is 0.645. The fourth-order valence-electron chi connectivity index (χ4n) is 3.78. The van der Waals surface area contributed by atoms with E-state index >= 15 is 0 Å². The number of para-hydroxylation sites is 1. The monoisotopic (exact) mass is 386 g/mol. The van der Waals surface area contributed by atoms with Gasteiger partial charge in [0.05, 0.1) is 18.9 Å². The van der Waals surface area contributed by atoms with Crippen LogP contribution in [0.2, 0.25) is 0 Å². The molecule has 0 N–H and O–H groups in total. The van der Waals surface area contributed by atoms with Crippen molar-refractivity contribution >= 4 is 17.4 Å². The van der Waals surface area contributed by atoms with E-state index in [4.69, 9.17) is 0 Å². The third-order valence-electron chi connectivity index (χ3n) is 5.33. The molecule has 5 heteroatoms. The Morgan fingerprint density at radius 2 is 1.76 bits per heavy atom. The van der Waals surface area contributed by atoms with Crippen LogP contribution < -0.4 is 9.80 Å². The fourth-order valence-corrected chi connectivity index (χ4v) is 3.78. The van der Waals surface area contributed by atoms with Crippen molar-refractivity contribution < 1.29 is 4.79 Å². The number of hydrogen-bond donors (Lipinski definition) is 0. The number of piperidine rings is 1. The maximum absolute atomic E-state index is 13.3. The van der Waals surface area contributed by atoms with Crippen molar-refractivity contribution in [1.82, 2.24) is 9.97 Å². The van der Waals surface area contributed by atoms with Gasteiger partial charge in [0, 0.05) is 18.8 Å². The molecule has 1 saturated heterocycles. The summed E-state index contributed by atoms with van der Waals surface area (Å²) in [5.74, 6) is 1.36. The summed E-state index contributed by atoms with van der Waals surface area (Å²) < 4.78 is 0. The minimum Gasteiger partial charge on any atom is -0.355 e. The van der Waals surface area contributed by atoms with E-state index in [2.05, 4.69) is 21.8 Å². The van der Waals surface area contributed by atoms with Crippen LogP contribution in [0.3, 0.4) is 0 Å². The summed E-state index contributed by atoms with van der Waals surface area (Å²) in [6.07, 6.45) is 5.77. The van der Waals surface area contributed by atoms with E-state index in [0.717, 1.165) is 30.2 Å². The lowest BCUT2D eigenvalue weighted by molar-refractivity contribution is 0.0980. The van der Waals surface area contributed by atoms with Gasteiger partial charge in [0.1, 0.15) is 11.5 Å². The van der Waals surface area contributed by atoms with Crippen LogP contribution in [0, 0.1) is 5.92 Å². The van der Waals surface area contributed by atoms with Gasteiger partial charge in [-0.2, -0.15) is 0 Å². The van der Waals surface area contributed by atoms with Crippen molar-refractivity contribution in [1.29, 1.82) is 0 Å². The highest BCUT2D eigenvalue weighted by Gasteiger charge is 2.22. The molecule has 3 aromatic rings. The first-order valence-corrected chi connectivity index (χ1v) is 10.2. The maximum atomic E-state index is 13.3. The summed E-state index contributed by atoms with van der Waals surface area (Å²) in [5.41, 5.74) is 2.27. The second kappa shape index (κ2) is 8.86. The molecule has 4 rings (SSSR count). The zero-order valence-electron chi connectivity index (χ0n) is 16.7. The molecule has 1 amide bonds. The number of nitrogens with zero attached hydrogens (tertiary/aromatic N) is 4. The van der Waals surface area contributed by atoms with Gasteiger partial charge in [-0.05, 0) is 36.5 Å². The number of carbonyl (C=O) groups is 1. The first-order valence-electron chi connectivity index (χ1n) is 10.2. The Kier molecular flexibility index (Phi) is 5.84. The topological polar surface area (TPSA) is 49.3 Å². The SMILES string of the molecule is CC1CCCN(c2cnc(C(=O)N(Cc3ccccc3)c3ccccc3)cn2)C1. The molecule has 0 saturated carbocycles. The Morgan fingerprint density at radius 1 is 1.03 bits per heavy atom. The van der Waals surface area contributed by atoms with Crippen LogP contribution in [0.5, 0.6) is 0 Å². The van der Waals surface area contributed by atoms with Crippen LogP contribution in [-0.4, -0.2) is 29.0 Å². The van der Waals surface area contributed by atoms with Crippen molar-refractivity contribution in [2.24, 2.45) is 5.92 Å². The highest BCUT2D eigenvalue weighted by atomic mass is 16.2. The lowest BCUT2D eigenvalue weighted by Gasteiger charge is -2.31. The number of rotatable bonds is 5. The van der Waals surface area contributed by atoms with Crippen LogP contribution in [0.4, 0.5) is 11.5 Å². The summed E-state index contributed by atoms with van der Waals surface area (Å²) in [7, 11) is 0. The van der Waals surface area contributed by atoms with Gasteiger partial charge in [0.15, 0.2) is 0 Å². The van der Waals surface area contributed by atoms with E-state index in [1.807, 2.05) is 60.7 Å². The molecule has 5 nitrogen and oxygen atoms in total.